The summed E-state index contributed by atoms with van der Waals surface area (Å²) in [7, 11) is 0. The van der Waals surface area contributed by atoms with Gasteiger partial charge in [0.05, 0.1) is 19.1 Å². The van der Waals surface area contributed by atoms with E-state index in [1.807, 2.05) is 0 Å². The molecule has 0 spiro atoms. The van der Waals surface area contributed by atoms with E-state index in [-0.39, 0.29) is 0 Å². The average Bonchev–Trinajstić information content (AvgIpc) is 2.25. The van der Waals surface area contributed by atoms with E-state index >= 15 is 0 Å². The van der Waals surface area contributed by atoms with E-state index in [2.05, 4.69) is 0 Å². The largest absolute Gasteiger partial charge is 0.394 e. The Kier molecular flexibility index (Phi) is 6.31. The molecule has 0 rings (SSSR count). The molecule has 0 aromatic carbocycles. The number of rotatable bonds is 7. The summed E-state index contributed by atoms with van der Waals surface area (Å²) in [6.07, 6.45) is -5.99. The Labute approximate surface area is 92.5 Å². The Bertz CT molecular complexity index is 254. The second kappa shape index (κ2) is 6.66. The summed E-state index contributed by atoms with van der Waals surface area (Å²) in [5, 5.41) is 35.9. The van der Waals surface area contributed by atoms with E-state index < -0.39 is 48.9 Å². The van der Waals surface area contributed by atoms with Crippen LogP contribution in [0.2, 0.25) is 0 Å². The van der Waals surface area contributed by atoms with Crippen LogP contribution in [0, 0.1) is 0 Å². The first-order chi connectivity index (χ1) is 7.31. The van der Waals surface area contributed by atoms with Gasteiger partial charge in [0.2, 0.25) is 0 Å². The molecule has 4 atom stereocenters. The van der Waals surface area contributed by atoms with Gasteiger partial charge in [-0.05, 0) is 6.92 Å². The number of aliphatic hydroxyl groups is 4. The number of nitrogens with two attached hydrogens (primary N) is 1. The lowest BCUT2D eigenvalue weighted by Gasteiger charge is -2.20. The molecule has 0 fully saturated rings. The smallest absolute Gasteiger partial charge is 0.171 e. The lowest BCUT2D eigenvalue weighted by molar-refractivity contribution is -0.142. The second-order valence-electron chi connectivity index (χ2n) is 3.58. The minimum atomic E-state index is -1.91. The van der Waals surface area contributed by atoms with Crippen LogP contribution >= 0.6 is 0 Å². The zero-order valence-corrected chi connectivity index (χ0v) is 8.91. The van der Waals surface area contributed by atoms with E-state index in [1.165, 1.54) is 6.92 Å². The van der Waals surface area contributed by atoms with E-state index in [9.17, 15) is 19.8 Å². The predicted molar refractivity (Wildman–Crippen MR) is 53.4 cm³/mol. The number of aliphatic hydroxyl groups excluding tert-OH is 4. The minimum absolute atomic E-state index is 0.574. The molecule has 0 heterocycles. The minimum Gasteiger partial charge on any atom is -0.394 e. The third kappa shape index (κ3) is 4.33. The van der Waals surface area contributed by atoms with Gasteiger partial charge in [0.15, 0.2) is 11.6 Å². The highest BCUT2D eigenvalue weighted by Gasteiger charge is 2.31. The van der Waals surface area contributed by atoms with Crippen LogP contribution in [0.15, 0.2) is 0 Å². The number of hydrogen-bond donors (Lipinski definition) is 5. The molecule has 4 unspecified atom stereocenters. The lowest BCUT2D eigenvalue weighted by atomic mass is 9.99. The Hall–Kier alpha value is -0.860. The molecule has 6 N–H and O–H groups in total. The van der Waals surface area contributed by atoms with Crippen LogP contribution in [0.5, 0.6) is 0 Å². The summed E-state index contributed by atoms with van der Waals surface area (Å²) in [5.41, 5.74) is 5.21. The topological polar surface area (TPSA) is 141 Å². The highest BCUT2D eigenvalue weighted by atomic mass is 16.4. The van der Waals surface area contributed by atoms with Crippen molar-refractivity contribution < 1.29 is 30.0 Å². The summed E-state index contributed by atoms with van der Waals surface area (Å²) in [4.78, 5) is 22.3. The zero-order valence-electron chi connectivity index (χ0n) is 8.91. The molecule has 7 nitrogen and oxygen atoms in total. The van der Waals surface area contributed by atoms with Crippen LogP contribution in [0.4, 0.5) is 0 Å². The number of carbonyl (C=O) groups excluding carboxylic acids is 2. The Balaban J connectivity index is 4.33. The molecule has 0 amide bonds. The first-order valence-corrected chi connectivity index (χ1v) is 4.77. The van der Waals surface area contributed by atoms with Gasteiger partial charge in [0.25, 0.3) is 0 Å². The molecule has 0 aliphatic carbocycles. The van der Waals surface area contributed by atoms with Crippen LogP contribution in [0.1, 0.15) is 13.3 Å². The van der Waals surface area contributed by atoms with Gasteiger partial charge in [0, 0.05) is 0 Å². The number of carbonyl (C=O) groups is 2. The highest BCUT2D eigenvalue weighted by Crippen LogP contribution is 2.04. The van der Waals surface area contributed by atoms with Crippen LogP contribution < -0.4 is 5.73 Å². The van der Waals surface area contributed by atoms with Crippen LogP contribution in [-0.4, -0.2) is 63.0 Å². The van der Waals surface area contributed by atoms with Crippen LogP contribution in [0.25, 0.3) is 0 Å². The van der Waals surface area contributed by atoms with E-state index in [4.69, 9.17) is 15.9 Å². The fourth-order valence-electron chi connectivity index (χ4n) is 0.946. The molecule has 0 aromatic heterocycles. The van der Waals surface area contributed by atoms with Gasteiger partial charge in [-0.3, -0.25) is 9.59 Å². The van der Waals surface area contributed by atoms with Crippen molar-refractivity contribution in [1.29, 1.82) is 0 Å². The van der Waals surface area contributed by atoms with Crippen molar-refractivity contribution in [3.63, 3.8) is 0 Å². The summed E-state index contributed by atoms with van der Waals surface area (Å²) in [6, 6.07) is -0.837. The maximum Gasteiger partial charge on any atom is 0.171 e. The monoisotopic (exact) mass is 235 g/mol. The molecule has 0 aliphatic rings. The average molecular weight is 235 g/mol. The Morgan fingerprint density at radius 2 is 1.69 bits per heavy atom. The standard InChI is InChI=1S/C9H17NO6/c1-4(10)5(12)2-6(13)8(15)9(16)7(14)3-11/h4,7-9,11,14-16H,2-3,10H2,1H3. The fraction of sp³-hybridized carbons (Fsp3) is 0.778. The maximum absolute atomic E-state index is 11.2. The normalized spacial score (nSPS) is 18.6. The number of hydrogen-bond acceptors (Lipinski definition) is 7. The number of ketones is 2. The summed E-state index contributed by atoms with van der Waals surface area (Å²) in [6.45, 7) is 0.591. The molecule has 0 aliphatic heterocycles. The van der Waals surface area contributed by atoms with E-state index in [0.717, 1.165) is 0 Å². The maximum atomic E-state index is 11.2. The molecular weight excluding hydrogens is 218 g/mol. The van der Waals surface area contributed by atoms with Gasteiger partial charge in [-0.25, -0.2) is 0 Å². The molecule has 0 saturated heterocycles. The molecule has 0 aromatic rings. The SMILES string of the molecule is CC(N)C(=O)CC(=O)C(O)C(O)C(O)CO. The van der Waals surface area contributed by atoms with Gasteiger partial charge in [-0.2, -0.15) is 0 Å². The third-order valence-electron chi connectivity index (χ3n) is 2.09. The predicted octanol–water partition coefficient (Wildman–Crippen LogP) is -3.06. The Morgan fingerprint density at radius 3 is 2.06 bits per heavy atom. The first kappa shape index (κ1) is 15.1. The van der Waals surface area contributed by atoms with Crippen LogP contribution in [0.3, 0.4) is 0 Å². The summed E-state index contributed by atoms with van der Waals surface area (Å²) < 4.78 is 0. The van der Waals surface area contributed by atoms with Gasteiger partial charge in [-0.15, -0.1) is 0 Å². The van der Waals surface area contributed by atoms with Crippen molar-refractivity contribution >= 4 is 11.6 Å². The highest BCUT2D eigenvalue weighted by molar-refractivity contribution is 6.03. The van der Waals surface area contributed by atoms with Gasteiger partial charge < -0.3 is 26.2 Å². The molecule has 0 bridgehead atoms. The van der Waals surface area contributed by atoms with Crippen molar-refractivity contribution in [2.24, 2.45) is 5.73 Å². The molecule has 0 saturated carbocycles. The number of Topliss-reactive ketones (excluding diaryl/α,β-unsaturated/α-hetero) is 2. The first-order valence-electron chi connectivity index (χ1n) is 4.77. The van der Waals surface area contributed by atoms with Crippen LogP contribution in [-0.2, 0) is 9.59 Å². The van der Waals surface area contributed by atoms with Gasteiger partial charge in [0.1, 0.15) is 18.3 Å². The molecule has 16 heavy (non-hydrogen) atoms. The molecular formula is C9H17NO6. The fourth-order valence-corrected chi connectivity index (χ4v) is 0.946. The van der Waals surface area contributed by atoms with Gasteiger partial charge >= 0.3 is 0 Å². The third-order valence-corrected chi connectivity index (χ3v) is 2.09. The molecule has 7 heteroatoms. The van der Waals surface area contributed by atoms with Crippen molar-refractivity contribution in [3.05, 3.63) is 0 Å². The van der Waals surface area contributed by atoms with Crippen molar-refractivity contribution in [3.8, 4) is 0 Å². The van der Waals surface area contributed by atoms with E-state index in [1.54, 1.807) is 0 Å². The van der Waals surface area contributed by atoms with Crippen molar-refractivity contribution in [2.45, 2.75) is 37.7 Å². The summed E-state index contributed by atoms with van der Waals surface area (Å²) >= 11 is 0. The zero-order chi connectivity index (χ0) is 12.9. The lowest BCUT2D eigenvalue weighted by Crippen LogP contribution is -2.45. The van der Waals surface area contributed by atoms with Crippen molar-refractivity contribution in [2.75, 3.05) is 6.61 Å². The van der Waals surface area contributed by atoms with Gasteiger partial charge in [-0.1, -0.05) is 0 Å². The summed E-state index contributed by atoms with van der Waals surface area (Å²) in [5.74, 6) is -1.52. The second-order valence-corrected chi connectivity index (χ2v) is 3.58. The van der Waals surface area contributed by atoms with Crippen molar-refractivity contribution in [1.82, 2.24) is 0 Å². The molecule has 94 valence electrons. The molecule has 0 radical (unpaired) electrons. The quantitative estimate of drug-likeness (QED) is 0.295. The van der Waals surface area contributed by atoms with E-state index in [0.29, 0.717) is 0 Å². The Morgan fingerprint density at radius 1 is 1.19 bits per heavy atom.